The number of hydrogen-bond donors (Lipinski definition) is 3. The molecule has 0 amide bonds. The predicted octanol–water partition coefficient (Wildman–Crippen LogP) is 0.898. The fraction of sp³-hybridized carbons (Fsp3) is 0.714. The third-order valence-electron chi connectivity index (χ3n) is 4.27. The van der Waals surface area contributed by atoms with Crippen LogP contribution in [0, 0.1) is 0 Å². The second-order valence-electron chi connectivity index (χ2n) is 5.83. The monoisotopic (exact) mass is 296 g/mol. The first-order valence-corrected chi connectivity index (χ1v) is 7.41. The van der Waals surface area contributed by atoms with Gasteiger partial charge in [0.05, 0.1) is 11.6 Å². The lowest BCUT2D eigenvalue weighted by atomic mass is 9.94. The maximum Gasteiger partial charge on any atom is 0.330 e. The number of hydrogen-bond acceptors (Lipinski definition) is 5. The number of nitrogens with one attached hydrogen (secondary N) is 2. The number of rotatable bonds is 5. The maximum absolute atomic E-state index is 12.1. The van der Waals surface area contributed by atoms with Gasteiger partial charge in [-0.15, -0.1) is 0 Å². The number of nitrogen functional groups attached to an aromatic ring is 1. The van der Waals surface area contributed by atoms with Crippen molar-refractivity contribution in [3.05, 3.63) is 20.8 Å². The predicted molar refractivity (Wildman–Crippen MR) is 82.7 cm³/mol. The molecule has 1 aromatic rings. The topological polar surface area (TPSA) is 102 Å². The van der Waals surface area contributed by atoms with E-state index in [4.69, 9.17) is 10.5 Å². The van der Waals surface area contributed by atoms with Crippen LogP contribution in [0.3, 0.4) is 0 Å². The van der Waals surface area contributed by atoms with Gasteiger partial charge in [0.1, 0.15) is 11.5 Å². The van der Waals surface area contributed by atoms with Gasteiger partial charge < -0.3 is 15.8 Å². The summed E-state index contributed by atoms with van der Waals surface area (Å²) < 4.78 is 6.97. The second-order valence-corrected chi connectivity index (χ2v) is 5.83. The van der Waals surface area contributed by atoms with E-state index in [2.05, 4.69) is 10.3 Å². The van der Waals surface area contributed by atoms with Gasteiger partial charge in [-0.05, 0) is 26.7 Å². The molecule has 0 bridgehead atoms. The van der Waals surface area contributed by atoms with Gasteiger partial charge in [-0.1, -0.05) is 13.3 Å². The first-order valence-electron chi connectivity index (χ1n) is 7.41. The summed E-state index contributed by atoms with van der Waals surface area (Å²) in [6.45, 7) is 7.11. The number of aromatic amines is 1. The molecule has 0 radical (unpaired) electrons. The molecule has 1 aromatic heterocycles. The lowest BCUT2D eigenvalue weighted by Crippen LogP contribution is -2.45. The van der Waals surface area contributed by atoms with Crippen molar-refractivity contribution in [2.75, 3.05) is 17.7 Å². The summed E-state index contributed by atoms with van der Waals surface area (Å²) in [5.41, 5.74) is 4.99. The fourth-order valence-electron chi connectivity index (χ4n) is 2.53. The van der Waals surface area contributed by atoms with Crippen LogP contribution in [0.15, 0.2) is 9.59 Å². The standard InChI is InChI=1S/C14H24N4O3/c1-4-5-7-18-11(15)10(12(19)16-13(18)20)17-14(3)6-8-21-9(14)2/h9,17H,4-8,15H2,1-3H3,(H,16,19,20). The normalized spacial score (nSPS) is 25.2. The molecule has 0 aliphatic carbocycles. The molecule has 7 nitrogen and oxygen atoms in total. The van der Waals surface area contributed by atoms with E-state index < -0.39 is 11.2 Å². The van der Waals surface area contributed by atoms with Crippen molar-refractivity contribution in [2.24, 2.45) is 0 Å². The molecule has 2 atom stereocenters. The molecule has 1 aliphatic rings. The van der Waals surface area contributed by atoms with E-state index in [1.807, 2.05) is 20.8 Å². The highest BCUT2D eigenvalue weighted by atomic mass is 16.5. The van der Waals surface area contributed by atoms with Crippen molar-refractivity contribution < 1.29 is 4.74 Å². The molecule has 21 heavy (non-hydrogen) atoms. The van der Waals surface area contributed by atoms with Gasteiger partial charge in [0, 0.05) is 13.2 Å². The number of nitrogens with zero attached hydrogens (tertiary/aromatic N) is 1. The Morgan fingerprint density at radius 3 is 2.81 bits per heavy atom. The van der Waals surface area contributed by atoms with E-state index in [1.165, 1.54) is 4.57 Å². The summed E-state index contributed by atoms with van der Waals surface area (Å²) >= 11 is 0. The van der Waals surface area contributed by atoms with Crippen molar-refractivity contribution in [3.63, 3.8) is 0 Å². The van der Waals surface area contributed by atoms with Gasteiger partial charge in [0.15, 0.2) is 0 Å². The van der Waals surface area contributed by atoms with Gasteiger partial charge in [0.25, 0.3) is 5.56 Å². The minimum absolute atomic E-state index is 0.0349. The minimum atomic E-state index is -0.481. The Labute approximate surface area is 123 Å². The van der Waals surface area contributed by atoms with Crippen molar-refractivity contribution in [1.82, 2.24) is 9.55 Å². The lowest BCUT2D eigenvalue weighted by Gasteiger charge is -2.30. The van der Waals surface area contributed by atoms with Crippen LogP contribution in [0.4, 0.5) is 11.5 Å². The molecule has 0 aromatic carbocycles. The molecule has 1 saturated heterocycles. The molecule has 1 aliphatic heterocycles. The number of H-pyrrole nitrogens is 1. The highest BCUT2D eigenvalue weighted by Crippen LogP contribution is 2.29. The first-order chi connectivity index (χ1) is 9.89. The molecule has 2 rings (SSSR count). The first kappa shape index (κ1) is 15.6. The molecule has 7 heteroatoms. The quantitative estimate of drug-likeness (QED) is 0.749. The van der Waals surface area contributed by atoms with Gasteiger partial charge in [-0.3, -0.25) is 14.3 Å². The lowest BCUT2D eigenvalue weighted by molar-refractivity contribution is 0.105. The summed E-state index contributed by atoms with van der Waals surface area (Å²) in [6, 6.07) is 0. The van der Waals surface area contributed by atoms with Crippen LogP contribution in [0.1, 0.15) is 40.0 Å². The van der Waals surface area contributed by atoms with E-state index in [1.54, 1.807) is 0 Å². The highest BCUT2D eigenvalue weighted by Gasteiger charge is 2.38. The number of unbranched alkanes of at least 4 members (excludes halogenated alkanes) is 1. The van der Waals surface area contributed by atoms with Gasteiger partial charge >= 0.3 is 5.69 Å². The molecule has 2 heterocycles. The van der Waals surface area contributed by atoms with Crippen LogP contribution < -0.4 is 22.3 Å². The Balaban J connectivity index is 2.39. The zero-order chi connectivity index (χ0) is 15.6. The summed E-state index contributed by atoms with van der Waals surface area (Å²) in [5.74, 6) is 0.192. The average Bonchev–Trinajstić information content (AvgIpc) is 2.75. The molecule has 0 saturated carbocycles. The summed E-state index contributed by atoms with van der Waals surface area (Å²) in [7, 11) is 0. The Hall–Kier alpha value is -1.76. The number of nitrogens with two attached hydrogens (primary N) is 1. The van der Waals surface area contributed by atoms with Crippen molar-refractivity contribution in [2.45, 2.75) is 58.2 Å². The van der Waals surface area contributed by atoms with E-state index in [9.17, 15) is 9.59 Å². The Morgan fingerprint density at radius 1 is 1.52 bits per heavy atom. The smallest absolute Gasteiger partial charge is 0.330 e. The Kier molecular flexibility index (Phi) is 4.41. The molecule has 118 valence electrons. The molecule has 1 fully saturated rings. The van der Waals surface area contributed by atoms with Crippen molar-refractivity contribution in [3.8, 4) is 0 Å². The number of aromatic nitrogens is 2. The van der Waals surface area contributed by atoms with Crippen LogP contribution in [0.2, 0.25) is 0 Å². The van der Waals surface area contributed by atoms with Gasteiger partial charge in [-0.25, -0.2) is 4.79 Å². The van der Waals surface area contributed by atoms with Crippen LogP contribution in [0.5, 0.6) is 0 Å². The summed E-state index contributed by atoms with van der Waals surface area (Å²) in [6.07, 6.45) is 2.51. The molecule has 0 spiro atoms. The summed E-state index contributed by atoms with van der Waals surface area (Å²) in [4.78, 5) is 26.3. The SMILES string of the molecule is CCCCn1c(N)c(NC2(C)CCOC2C)c(=O)[nH]c1=O. The summed E-state index contributed by atoms with van der Waals surface area (Å²) in [5, 5.41) is 3.19. The van der Waals surface area contributed by atoms with E-state index in [0.717, 1.165) is 19.3 Å². The largest absolute Gasteiger partial charge is 0.383 e. The molecular formula is C14H24N4O3. The van der Waals surface area contributed by atoms with Gasteiger partial charge in [-0.2, -0.15) is 0 Å². The van der Waals surface area contributed by atoms with Crippen LogP contribution >= 0.6 is 0 Å². The molecule has 4 N–H and O–H groups in total. The highest BCUT2D eigenvalue weighted by molar-refractivity contribution is 5.62. The third kappa shape index (κ3) is 2.97. The van der Waals surface area contributed by atoms with E-state index >= 15 is 0 Å². The minimum Gasteiger partial charge on any atom is -0.383 e. The second kappa shape index (κ2) is 5.93. The Bertz CT molecular complexity index is 622. The van der Waals surface area contributed by atoms with E-state index in [-0.39, 0.29) is 23.1 Å². The number of anilines is 2. The fourth-order valence-corrected chi connectivity index (χ4v) is 2.53. The number of ether oxygens (including phenoxy) is 1. The van der Waals surface area contributed by atoms with Crippen LogP contribution in [-0.2, 0) is 11.3 Å². The third-order valence-corrected chi connectivity index (χ3v) is 4.27. The van der Waals surface area contributed by atoms with E-state index in [0.29, 0.717) is 13.2 Å². The maximum atomic E-state index is 12.1. The van der Waals surface area contributed by atoms with Crippen molar-refractivity contribution >= 4 is 11.5 Å². The van der Waals surface area contributed by atoms with Crippen LogP contribution in [0.25, 0.3) is 0 Å². The van der Waals surface area contributed by atoms with Crippen molar-refractivity contribution in [1.29, 1.82) is 0 Å². The zero-order valence-electron chi connectivity index (χ0n) is 12.9. The molecular weight excluding hydrogens is 272 g/mol. The van der Waals surface area contributed by atoms with Crippen LogP contribution in [-0.4, -0.2) is 27.8 Å². The average molecular weight is 296 g/mol. The zero-order valence-corrected chi connectivity index (χ0v) is 12.9. The molecule has 2 unspecified atom stereocenters. The Morgan fingerprint density at radius 2 is 2.24 bits per heavy atom. The van der Waals surface area contributed by atoms with Gasteiger partial charge in [0.2, 0.25) is 0 Å².